The average molecular weight is 358 g/mol. The van der Waals surface area contributed by atoms with Gasteiger partial charge in [-0.15, -0.1) is 0 Å². The standard InChI is InChI=1S/C17H22N6O3/c1-21-14-10-12(18-11-4-7-22(26)8-5-11)2-3-13(14)16(20-21)23-9-6-15(24)19-17(23)25/h2-3,10-11,18,26H,4-9H2,1H3,(H,19,24,25). The number of hydrogen-bond acceptors (Lipinski definition) is 6. The van der Waals surface area contributed by atoms with E-state index in [0.717, 1.165) is 29.4 Å². The number of rotatable bonds is 3. The molecule has 138 valence electrons. The molecule has 2 fully saturated rings. The fourth-order valence-corrected chi connectivity index (χ4v) is 3.54. The molecule has 0 spiro atoms. The van der Waals surface area contributed by atoms with Gasteiger partial charge < -0.3 is 10.5 Å². The number of aryl methyl sites for hydroxylation is 1. The molecule has 26 heavy (non-hydrogen) atoms. The molecule has 1 aromatic heterocycles. The van der Waals surface area contributed by atoms with E-state index in [1.54, 1.807) is 4.68 Å². The maximum Gasteiger partial charge on any atom is 0.329 e. The molecule has 2 aromatic rings. The van der Waals surface area contributed by atoms with Gasteiger partial charge in [-0.05, 0) is 31.0 Å². The lowest BCUT2D eigenvalue weighted by Gasteiger charge is -2.28. The SMILES string of the molecule is Cn1nc(N2CCC(=O)NC2=O)c2ccc(NC3CCN(O)CC3)cc21. The summed E-state index contributed by atoms with van der Waals surface area (Å²) in [6.45, 7) is 1.66. The van der Waals surface area contributed by atoms with Crippen molar-refractivity contribution in [1.82, 2.24) is 20.2 Å². The summed E-state index contributed by atoms with van der Waals surface area (Å²) < 4.78 is 1.75. The first kappa shape index (κ1) is 16.8. The molecule has 0 radical (unpaired) electrons. The lowest BCUT2D eigenvalue weighted by molar-refractivity contribution is -0.120. The van der Waals surface area contributed by atoms with Gasteiger partial charge in [0.05, 0.1) is 5.52 Å². The predicted molar refractivity (Wildman–Crippen MR) is 96.2 cm³/mol. The van der Waals surface area contributed by atoms with E-state index in [9.17, 15) is 14.8 Å². The van der Waals surface area contributed by atoms with E-state index in [2.05, 4.69) is 15.7 Å². The van der Waals surface area contributed by atoms with Crippen LogP contribution < -0.4 is 15.5 Å². The summed E-state index contributed by atoms with van der Waals surface area (Å²) in [5.74, 6) is 0.305. The minimum absolute atomic E-state index is 0.258. The number of fused-ring (bicyclic) bond motifs is 1. The summed E-state index contributed by atoms with van der Waals surface area (Å²) in [5, 5.41) is 22.0. The largest absolute Gasteiger partial charge is 0.382 e. The third kappa shape index (κ3) is 3.11. The van der Waals surface area contributed by atoms with Gasteiger partial charge in [0.2, 0.25) is 5.91 Å². The number of carbonyl (C=O) groups excluding carboxylic acids is 2. The van der Waals surface area contributed by atoms with Crippen LogP contribution in [0.25, 0.3) is 10.9 Å². The Morgan fingerprint density at radius 2 is 2.00 bits per heavy atom. The Morgan fingerprint density at radius 3 is 2.73 bits per heavy atom. The quantitative estimate of drug-likeness (QED) is 0.764. The average Bonchev–Trinajstić information content (AvgIpc) is 2.93. The summed E-state index contributed by atoms with van der Waals surface area (Å²) in [7, 11) is 1.84. The Morgan fingerprint density at radius 1 is 1.23 bits per heavy atom. The fraction of sp³-hybridized carbons (Fsp3) is 0.471. The molecule has 9 nitrogen and oxygen atoms in total. The van der Waals surface area contributed by atoms with Gasteiger partial charge in [0.1, 0.15) is 0 Å². The van der Waals surface area contributed by atoms with Crippen LogP contribution in [-0.2, 0) is 11.8 Å². The summed E-state index contributed by atoms with van der Waals surface area (Å²) in [4.78, 5) is 25.0. The zero-order valence-electron chi connectivity index (χ0n) is 14.6. The first-order chi connectivity index (χ1) is 12.5. The second-order valence-electron chi connectivity index (χ2n) is 6.81. The molecule has 0 bridgehead atoms. The summed E-state index contributed by atoms with van der Waals surface area (Å²) >= 11 is 0. The Hall–Kier alpha value is -2.65. The van der Waals surface area contributed by atoms with E-state index in [1.165, 1.54) is 9.96 Å². The number of nitrogens with one attached hydrogen (secondary N) is 2. The number of imide groups is 1. The van der Waals surface area contributed by atoms with Crippen LogP contribution in [0.1, 0.15) is 19.3 Å². The van der Waals surface area contributed by atoms with Crippen LogP contribution in [0.3, 0.4) is 0 Å². The second kappa shape index (κ2) is 6.58. The molecule has 2 aliphatic heterocycles. The van der Waals surface area contributed by atoms with Gasteiger partial charge in [0, 0.05) is 50.2 Å². The van der Waals surface area contributed by atoms with Crippen molar-refractivity contribution in [3.8, 4) is 0 Å². The molecule has 0 atom stereocenters. The number of hydroxylamine groups is 2. The normalized spacial score (nSPS) is 19.8. The molecule has 0 aliphatic carbocycles. The second-order valence-corrected chi connectivity index (χ2v) is 6.81. The molecular formula is C17H22N6O3. The van der Waals surface area contributed by atoms with E-state index < -0.39 is 6.03 Å². The van der Waals surface area contributed by atoms with Crippen molar-refractivity contribution in [3.63, 3.8) is 0 Å². The number of anilines is 2. The van der Waals surface area contributed by atoms with E-state index in [-0.39, 0.29) is 12.3 Å². The highest BCUT2D eigenvalue weighted by atomic mass is 16.5. The Bertz CT molecular complexity index is 856. The van der Waals surface area contributed by atoms with Gasteiger partial charge in [-0.3, -0.25) is 19.7 Å². The molecule has 2 saturated heterocycles. The van der Waals surface area contributed by atoms with Crippen LogP contribution >= 0.6 is 0 Å². The Labute approximate surface area is 150 Å². The van der Waals surface area contributed by atoms with Gasteiger partial charge in [0.15, 0.2) is 5.82 Å². The molecule has 3 N–H and O–H groups in total. The van der Waals surface area contributed by atoms with Crippen molar-refractivity contribution in [3.05, 3.63) is 18.2 Å². The number of urea groups is 1. The van der Waals surface area contributed by atoms with Crippen molar-refractivity contribution < 1.29 is 14.8 Å². The van der Waals surface area contributed by atoms with Gasteiger partial charge in [-0.25, -0.2) is 4.79 Å². The van der Waals surface area contributed by atoms with E-state index in [0.29, 0.717) is 31.5 Å². The van der Waals surface area contributed by atoms with Crippen molar-refractivity contribution in [2.45, 2.75) is 25.3 Å². The molecule has 0 unspecified atom stereocenters. The summed E-state index contributed by atoms with van der Waals surface area (Å²) in [6, 6.07) is 5.84. The first-order valence-electron chi connectivity index (χ1n) is 8.80. The maximum atomic E-state index is 12.1. The molecule has 9 heteroatoms. The molecule has 1 aromatic carbocycles. The van der Waals surface area contributed by atoms with Crippen molar-refractivity contribution in [2.24, 2.45) is 7.05 Å². The van der Waals surface area contributed by atoms with Gasteiger partial charge in [-0.2, -0.15) is 10.2 Å². The number of amides is 3. The van der Waals surface area contributed by atoms with E-state index in [4.69, 9.17) is 0 Å². The lowest BCUT2D eigenvalue weighted by Crippen LogP contribution is -2.49. The zero-order valence-corrected chi connectivity index (χ0v) is 14.6. The molecule has 3 heterocycles. The van der Waals surface area contributed by atoms with Gasteiger partial charge in [-0.1, -0.05) is 0 Å². The number of carbonyl (C=O) groups is 2. The number of benzene rings is 1. The van der Waals surface area contributed by atoms with Gasteiger partial charge in [0.25, 0.3) is 0 Å². The minimum Gasteiger partial charge on any atom is -0.382 e. The fourth-order valence-electron chi connectivity index (χ4n) is 3.54. The van der Waals surface area contributed by atoms with Crippen LogP contribution in [0.2, 0.25) is 0 Å². The van der Waals surface area contributed by atoms with Crippen LogP contribution in [-0.4, -0.2) is 57.7 Å². The van der Waals surface area contributed by atoms with Crippen molar-refractivity contribution in [2.75, 3.05) is 29.9 Å². The third-order valence-electron chi connectivity index (χ3n) is 4.98. The highest BCUT2D eigenvalue weighted by Gasteiger charge is 2.28. The predicted octanol–water partition coefficient (Wildman–Crippen LogP) is 1.29. The minimum atomic E-state index is -0.431. The molecule has 4 rings (SSSR count). The molecule has 3 amide bonds. The van der Waals surface area contributed by atoms with Crippen LogP contribution in [0.5, 0.6) is 0 Å². The van der Waals surface area contributed by atoms with Gasteiger partial charge >= 0.3 is 6.03 Å². The Balaban J connectivity index is 1.58. The summed E-state index contributed by atoms with van der Waals surface area (Å²) in [5.41, 5.74) is 1.90. The highest BCUT2D eigenvalue weighted by molar-refractivity contribution is 6.09. The summed E-state index contributed by atoms with van der Waals surface area (Å²) in [6.07, 6.45) is 2.04. The monoisotopic (exact) mass is 358 g/mol. The van der Waals surface area contributed by atoms with Crippen LogP contribution in [0.15, 0.2) is 18.2 Å². The van der Waals surface area contributed by atoms with Crippen molar-refractivity contribution >= 4 is 34.3 Å². The number of nitrogens with zero attached hydrogens (tertiary/aromatic N) is 4. The Kier molecular flexibility index (Phi) is 4.25. The van der Waals surface area contributed by atoms with E-state index >= 15 is 0 Å². The zero-order chi connectivity index (χ0) is 18.3. The number of aromatic nitrogens is 2. The number of hydrogen-bond donors (Lipinski definition) is 3. The third-order valence-corrected chi connectivity index (χ3v) is 4.98. The highest BCUT2D eigenvalue weighted by Crippen LogP contribution is 2.29. The lowest BCUT2D eigenvalue weighted by atomic mass is 10.1. The smallest absolute Gasteiger partial charge is 0.329 e. The first-order valence-corrected chi connectivity index (χ1v) is 8.80. The maximum absolute atomic E-state index is 12.1. The topological polar surface area (TPSA) is 103 Å². The number of piperidine rings is 1. The van der Waals surface area contributed by atoms with Crippen LogP contribution in [0, 0.1) is 0 Å². The molecule has 0 saturated carbocycles. The molecular weight excluding hydrogens is 336 g/mol. The molecule has 2 aliphatic rings. The van der Waals surface area contributed by atoms with E-state index in [1.807, 2.05) is 25.2 Å². The van der Waals surface area contributed by atoms with Crippen LogP contribution in [0.4, 0.5) is 16.3 Å². The van der Waals surface area contributed by atoms with Crippen molar-refractivity contribution in [1.29, 1.82) is 0 Å².